The Morgan fingerprint density at radius 2 is 1.55 bits per heavy atom. The molecule has 0 radical (unpaired) electrons. The van der Waals surface area contributed by atoms with Crippen molar-refractivity contribution in [3.05, 3.63) is 71.1 Å². The molecule has 1 saturated heterocycles. The molecule has 0 N–H and O–H groups in total. The number of aliphatic imine (C=N–C) groups is 1. The number of carbonyl (C=O) groups excluding carboxylic acids is 1. The summed E-state index contributed by atoms with van der Waals surface area (Å²) in [4.78, 5) is 21.3. The van der Waals surface area contributed by atoms with Crippen molar-refractivity contribution < 1.29 is 9.53 Å². The quantitative estimate of drug-likeness (QED) is 0.0982. The predicted octanol–water partition coefficient (Wildman–Crippen LogP) is 12.5. The second kappa shape index (κ2) is 28.5. The van der Waals surface area contributed by atoms with E-state index in [0.717, 1.165) is 62.9 Å². The largest absolute Gasteiger partial charge is 0.444 e. The molecule has 1 rings (SSSR count). The first kappa shape index (κ1) is 47.8. The number of carbonyl (C=O) groups is 1. The van der Waals surface area contributed by atoms with Crippen molar-refractivity contribution in [2.45, 2.75) is 153 Å². The molecule has 49 heavy (non-hydrogen) atoms. The molecule has 1 amide bonds. The molecular formula is C43H74N4O2. The van der Waals surface area contributed by atoms with Crippen LogP contribution < -0.4 is 0 Å². The normalized spacial score (nSPS) is 15.6. The smallest absolute Gasteiger partial charge is 0.410 e. The lowest BCUT2D eigenvalue weighted by molar-refractivity contribution is 0.0168. The summed E-state index contributed by atoms with van der Waals surface area (Å²) in [5, 5.41) is 8.83. The van der Waals surface area contributed by atoms with Crippen LogP contribution in [0.15, 0.2) is 76.1 Å². The van der Waals surface area contributed by atoms with E-state index < -0.39 is 5.60 Å². The number of piperazine rings is 1. The van der Waals surface area contributed by atoms with Crippen LogP contribution in [0.3, 0.4) is 0 Å². The maximum absolute atomic E-state index is 12.4. The Bertz CT molecular complexity index is 1160. The average molecular weight is 679 g/mol. The topological polar surface area (TPSA) is 68.9 Å². The van der Waals surface area contributed by atoms with E-state index in [4.69, 9.17) is 15.0 Å². The minimum Gasteiger partial charge on any atom is -0.444 e. The lowest BCUT2D eigenvalue weighted by Crippen LogP contribution is -2.49. The van der Waals surface area contributed by atoms with E-state index in [1.807, 2.05) is 50.1 Å². The zero-order valence-corrected chi connectivity index (χ0v) is 34.0. The van der Waals surface area contributed by atoms with Crippen molar-refractivity contribution in [3.8, 4) is 6.07 Å². The van der Waals surface area contributed by atoms with Crippen LogP contribution in [0.5, 0.6) is 0 Å². The number of amides is 1. The first-order valence-electron chi connectivity index (χ1n) is 19.0. The summed E-state index contributed by atoms with van der Waals surface area (Å²) >= 11 is 0. The number of allylic oxidation sites excluding steroid dienone is 10. The van der Waals surface area contributed by atoms with E-state index in [2.05, 4.69) is 98.9 Å². The molecule has 6 nitrogen and oxygen atoms in total. The third kappa shape index (κ3) is 22.1. The highest BCUT2D eigenvalue weighted by Crippen LogP contribution is 2.29. The van der Waals surface area contributed by atoms with Crippen LogP contribution >= 0.6 is 0 Å². The lowest BCUT2D eigenvalue weighted by Gasteiger charge is -2.38. The van der Waals surface area contributed by atoms with Gasteiger partial charge < -0.3 is 14.5 Å². The fourth-order valence-corrected chi connectivity index (χ4v) is 5.08. The second-order valence-electron chi connectivity index (χ2n) is 13.6. The SMILES string of the molecule is C=C(/C=C(C#N)\C=C/CCC)CCC.CCCCC.C\C=C(C(/C(C)=N/C=C/CC)=C(/C)N1CCN(C(=O)OC(C)(C)C)CC1)\C(C)CC. The van der Waals surface area contributed by atoms with Gasteiger partial charge in [0.15, 0.2) is 0 Å². The van der Waals surface area contributed by atoms with Gasteiger partial charge in [0.1, 0.15) is 5.60 Å². The molecule has 278 valence electrons. The Morgan fingerprint density at radius 1 is 0.959 bits per heavy atom. The molecule has 6 heteroatoms. The summed E-state index contributed by atoms with van der Waals surface area (Å²) in [6.07, 6.45) is 22.1. The highest BCUT2D eigenvalue weighted by atomic mass is 16.6. The average Bonchev–Trinajstić information content (AvgIpc) is 3.06. The third-order valence-electron chi connectivity index (χ3n) is 8.00. The molecular weight excluding hydrogens is 604 g/mol. The van der Waals surface area contributed by atoms with E-state index in [0.29, 0.717) is 24.6 Å². The Kier molecular flexibility index (Phi) is 27.8. The third-order valence-corrected chi connectivity index (χ3v) is 8.00. The van der Waals surface area contributed by atoms with Crippen molar-refractivity contribution in [1.82, 2.24) is 9.80 Å². The van der Waals surface area contributed by atoms with Gasteiger partial charge in [-0.2, -0.15) is 5.26 Å². The van der Waals surface area contributed by atoms with Crippen molar-refractivity contribution in [2.75, 3.05) is 26.2 Å². The van der Waals surface area contributed by atoms with Crippen LogP contribution in [0.2, 0.25) is 0 Å². The van der Waals surface area contributed by atoms with Gasteiger partial charge in [0, 0.05) is 49.4 Å². The summed E-state index contributed by atoms with van der Waals surface area (Å²) in [6.45, 7) is 34.2. The van der Waals surface area contributed by atoms with Crippen LogP contribution in [-0.2, 0) is 4.74 Å². The molecule has 0 spiro atoms. The number of ether oxygens (including phenoxy) is 1. The van der Waals surface area contributed by atoms with E-state index >= 15 is 0 Å². The molecule has 1 heterocycles. The molecule has 0 saturated carbocycles. The first-order valence-corrected chi connectivity index (χ1v) is 19.0. The van der Waals surface area contributed by atoms with E-state index in [1.165, 1.54) is 36.1 Å². The number of unbranched alkanes of at least 4 members (excludes halogenated alkanes) is 3. The number of rotatable bonds is 15. The van der Waals surface area contributed by atoms with Gasteiger partial charge >= 0.3 is 6.09 Å². The van der Waals surface area contributed by atoms with Gasteiger partial charge in [0.25, 0.3) is 0 Å². The van der Waals surface area contributed by atoms with Gasteiger partial charge in [-0.1, -0.05) is 111 Å². The van der Waals surface area contributed by atoms with Gasteiger partial charge in [-0.3, -0.25) is 4.99 Å². The maximum atomic E-state index is 12.4. The summed E-state index contributed by atoms with van der Waals surface area (Å²) in [5.41, 5.74) is 6.13. The fraction of sp³-hybridized carbons (Fsp3) is 0.651. The first-order chi connectivity index (χ1) is 23.2. The minimum atomic E-state index is -0.464. The molecule has 0 aromatic heterocycles. The lowest BCUT2D eigenvalue weighted by atomic mass is 9.87. The van der Waals surface area contributed by atoms with Gasteiger partial charge in [-0.05, 0) is 90.9 Å². The van der Waals surface area contributed by atoms with Crippen LogP contribution in [0, 0.1) is 17.2 Å². The molecule has 0 aromatic rings. The number of nitriles is 1. The predicted molar refractivity (Wildman–Crippen MR) is 215 cm³/mol. The monoisotopic (exact) mass is 679 g/mol. The number of hydrogen-bond donors (Lipinski definition) is 0. The van der Waals surface area contributed by atoms with Gasteiger partial charge in [-0.25, -0.2) is 4.79 Å². The molecule has 1 atom stereocenters. The molecule has 1 unspecified atom stereocenters. The van der Waals surface area contributed by atoms with Crippen molar-refractivity contribution in [1.29, 1.82) is 5.26 Å². The molecule has 0 aromatic carbocycles. The second-order valence-corrected chi connectivity index (χ2v) is 13.6. The minimum absolute atomic E-state index is 0.222. The zero-order valence-electron chi connectivity index (χ0n) is 34.0. The van der Waals surface area contributed by atoms with Gasteiger partial charge in [0.2, 0.25) is 0 Å². The van der Waals surface area contributed by atoms with Crippen LogP contribution in [0.4, 0.5) is 4.79 Å². The van der Waals surface area contributed by atoms with Crippen LogP contribution in [-0.4, -0.2) is 53.4 Å². The fourth-order valence-electron chi connectivity index (χ4n) is 5.08. The Morgan fingerprint density at radius 3 is 1.98 bits per heavy atom. The van der Waals surface area contributed by atoms with Crippen molar-refractivity contribution >= 4 is 11.8 Å². The standard InChI is InChI=1S/C25H43N3O2.C13H19N.C5H12/c1-10-13-14-26-20(5)23(22(12-3)19(4)11-2)21(6)27-15-17-28(18-16-27)24(29)30-25(7,8)9;1-4-6-7-9-13(11-14)10-12(3)8-5-2;1-3-5-4-2/h12-14,19H,10-11,15-18H2,1-9H3;7,9-10H,3-6,8H2,1-2H3;3-5H2,1-2H3/b14-13+,22-12-,23-21-,26-20+;9-7-,13-10+;. The zero-order chi connectivity index (χ0) is 37.8. The Hall–Kier alpha value is -3.33. The van der Waals surface area contributed by atoms with E-state index in [-0.39, 0.29) is 6.09 Å². The van der Waals surface area contributed by atoms with E-state index in [9.17, 15) is 4.79 Å². The van der Waals surface area contributed by atoms with Crippen molar-refractivity contribution in [2.24, 2.45) is 10.9 Å². The van der Waals surface area contributed by atoms with Crippen molar-refractivity contribution in [3.63, 3.8) is 0 Å². The summed E-state index contributed by atoms with van der Waals surface area (Å²) < 4.78 is 5.54. The summed E-state index contributed by atoms with van der Waals surface area (Å²) in [5.74, 6) is 0.461. The van der Waals surface area contributed by atoms with E-state index in [1.54, 1.807) is 0 Å². The highest BCUT2D eigenvalue weighted by Gasteiger charge is 2.27. The van der Waals surface area contributed by atoms with Crippen LogP contribution in [0.25, 0.3) is 0 Å². The Balaban J connectivity index is 0. The highest BCUT2D eigenvalue weighted by molar-refractivity contribution is 6.03. The van der Waals surface area contributed by atoms with Gasteiger partial charge in [-0.15, -0.1) is 0 Å². The molecule has 0 bridgehead atoms. The van der Waals surface area contributed by atoms with Gasteiger partial charge in [0.05, 0.1) is 11.6 Å². The molecule has 1 fully saturated rings. The molecule has 1 aliphatic heterocycles. The summed E-state index contributed by atoms with van der Waals surface area (Å²) in [6, 6.07) is 2.16. The molecule has 0 aliphatic carbocycles. The summed E-state index contributed by atoms with van der Waals surface area (Å²) in [7, 11) is 0. The number of nitrogens with zero attached hydrogens (tertiary/aromatic N) is 4. The molecule has 1 aliphatic rings. The maximum Gasteiger partial charge on any atom is 0.410 e. The Labute approximate surface area is 303 Å². The number of hydrogen-bond acceptors (Lipinski definition) is 5. The van der Waals surface area contributed by atoms with Crippen LogP contribution in [0.1, 0.15) is 148 Å².